The van der Waals surface area contributed by atoms with Gasteiger partial charge in [0.15, 0.2) is 0 Å². The van der Waals surface area contributed by atoms with Crippen LogP contribution < -0.4 is 11.1 Å². The quantitative estimate of drug-likeness (QED) is 0.799. The van der Waals surface area contributed by atoms with E-state index in [2.05, 4.69) is 16.4 Å². The third-order valence-electron chi connectivity index (χ3n) is 5.90. The van der Waals surface area contributed by atoms with E-state index in [1.54, 1.807) is 32.4 Å². The lowest BCUT2D eigenvalue weighted by molar-refractivity contribution is 0.0824. The van der Waals surface area contributed by atoms with E-state index in [9.17, 15) is 4.79 Å². The molecule has 28 heavy (non-hydrogen) atoms. The van der Waals surface area contributed by atoms with Crippen molar-refractivity contribution in [2.45, 2.75) is 24.7 Å². The Labute approximate surface area is 163 Å². The maximum atomic E-state index is 15.2. The minimum absolute atomic E-state index is 0.0353. The molecule has 7 heteroatoms. The second-order valence-corrected chi connectivity index (χ2v) is 7.98. The van der Waals surface area contributed by atoms with E-state index >= 15 is 4.39 Å². The van der Waals surface area contributed by atoms with Crippen molar-refractivity contribution in [3.8, 4) is 17.2 Å². The first-order valence-corrected chi connectivity index (χ1v) is 9.27. The normalized spacial score (nSPS) is 22.1. The van der Waals surface area contributed by atoms with Crippen molar-refractivity contribution in [3.63, 3.8) is 0 Å². The number of carbonyl (C=O) groups excluding carboxylic acids is 1. The largest absolute Gasteiger partial charge is 0.398 e. The summed E-state index contributed by atoms with van der Waals surface area (Å²) in [4.78, 5) is 18.2. The van der Waals surface area contributed by atoms with Gasteiger partial charge in [-0.2, -0.15) is 5.26 Å². The molecule has 0 unspecified atom stereocenters. The molecule has 1 aliphatic heterocycles. The van der Waals surface area contributed by atoms with Crippen molar-refractivity contribution < 1.29 is 9.18 Å². The number of nitrogen functional groups attached to an aromatic ring is 1. The lowest BCUT2D eigenvalue weighted by atomic mass is 9.59. The molecule has 1 aliphatic carbocycles. The number of nitrogens with one attached hydrogen (secondary N) is 1. The van der Waals surface area contributed by atoms with Crippen LogP contribution in [-0.2, 0) is 5.41 Å². The molecule has 1 spiro atoms. The molecular weight excluding hydrogens is 357 g/mol. The third kappa shape index (κ3) is 2.68. The first kappa shape index (κ1) is 18.2. The summed E-state index contributed by atoms with van der Waals surface area (Å²) in [7, 11) is 3.13. The van der Waals surface area contributed by atoms with Crippen molar-refractivity contribution in [3.05, 3.63) is 41.3 Å². The van der Waals surface area contributed by atoms with Crippen molar-refractivity contribution in [2.75, 3.05) is 31.7 Å². The molecule has 1 saturated carbocycles. The van der Waals surface area contributed by atoms with Gasteiger partial charge in [-0.3, -0.25) is 4.79 Å². The summed E-state index contributed by atoms with van der Waals surface area (Å²) in [6, 6.07) is 7.35. The maximum Gasteiger partial charge on any atom is 0.258 e. The number of pyridine rings is 1. The van der Waals surface area contributed by atoms with E-state index in [1.165, 1.54) is 4.90 Å². The number of carbonyl (C=O) groups is 1. The van der Waals surface area contributed by atoms with Crippen LogP contribution in [0.1, 0.15) is 35.2 Å². The second-order valence-electron chi connectivity index (χ2n) is 7.98. The number of benzene rings is 1. The van der Waals surface area contributed by atoms with Gasteiger partial charge in [0.2, 0.25) is 0 Å². The van der Waals surface area contributed by atoms with Crippen molar-refractivity contribution in [2.24, 2.45) is 5.92 Å². The molecule has 1 amide bonds. The number of anilines is 2. The highest BCUT2D eigenvalue weighted by Gasteiger charge is 2.49. The van der Waals surface area contributed by atoms with Gasteiger partial charge in [-0.15, -0.1) is 0 Å². The van der Waals surface area contributed by atoms with Gasteiger partial charge in [0, 0.05) is 61.1 Å². The Morgan fingerprint density at radius 3 is 2.89 bits per heavy atom. The molecule has 1 aromatic heterocycles. The SMILES string of the molecule is CN(C)C(=O)c1c(N)ccc(-c2cnc3c(c2)C2(CN3)CC(CC#N)C2)c1F. The first-order chi connectivity index (χ1) is 13.4. The number of hydrogen-bond acceptors (Lipinski definition) is 5. The van der Waals surface area contributed by atoms with E-state index in [0.717, 1.165) is 30.8 Å². The fourth-order valence-electron chi connectivity index (χ4n) is 4.44. The number of halogens is 1. The Balaban J connectivity index is 1.74. The minimum atomic E-state index is -0.628. The second kappa shape index (κ2) is 6.48. The molecule has 2 heterocycles. The van der Waals surface area contributed by atoms with Gasteiger partial charge in [-0.25, -0.2) is 9.37 Å². The first-order valence-electron chi connectivity index (χ1n) is 9.27. The molecule has 3 N–H and O–H groups in total. The lowest BCUT2D eigenvalue weighted by Crippen LogP contribution is -2.42. The molecular formula is C21H22FN5O. The van der Waals surface area contributed by atoms with E-state index in [-0.39, 0.29) is 16.7 Å². The van der Waals surface area contributed by atoms with Gasteiger partial charge < -0.3 is 16.0 Å². The Morgan fingerprint density at radius 1 is 1.46 bits per heavy atom. The van der Waals surface area contributed by atoms with E-state index in [0.29, 0.717) is 23.5 Å². The van der Waals surface area contributed by atoms with Gasteiger partial charge in [0.25, 0.3) is 5.91 Å². The zero-order valence-electron chi connectivity index (χ0n) is 15.9. The van der Waals surface area contributed by atoms with Crippen LogP contribution in [0.15, 0.2) is 24.4 Å². The summed E-state index contributed by atoms with van der Waals surface area (Å²) in [6.07, 6.45) is 4.04. The predicted molar refractivity (Wildman–Crippen MR) is 105 cm³/mol. The van der Waals surface area contributed by atoms with Gasteiger partial charge in [0.05, 0.1) is 11.6 Å². The van der Waals surface area contributed by atoms with Crippen molar-refractivity contribution in [1.29, 1.82) is 5.26 Å². The fourth-order valence-corrected chi connectivity index (χ4v) is 4.44. The highest BCUT2D eigenvalue weighted by Crippen LogP contribution is 2.54. The zero-order valence-corrected chi connectivity index (χ0v) is 15.9. The van der Waals surface area contributed by atoms with Crippen LogP contribution in [-0.4, -0.2) is 36.4 Å². The Hall–Kier alpha value is -3.14. The number of nitriles is 1. The molecule has 0 saturated heterocycles. The van der Waals surface area contributed by atoms with Crippen molar-refractivity contribution >= 4 is 17.4 Å². The lowest BCUT2D eigenvalue weighted by Gasteiger charge is -2.44. The number of nitrogens with zero attached hydrogens (tertiary/aromatic N) is 3. The van der Waals surface area contributed by atoms with Crippen LogP contribution in [0.3, 0.4) is 0 Å². The third-order valence-corrected chi connectivity index (χ3v) is 5.90. The molecule has 0 radical (unpaired) electrons. The molecule has 144 valence electrons. The topological polar surface area (TPSA) is 95.0 Å². The van der Waals surface area contributed by atoms with Gasteiger partial charge in [-0.1, -0.05) is 0 Å². The van der Waals surface area contributed by atoms with E-state index in [1.807, 2.05) is 6.07 Å². The predicted octanol–water partition coefficient (Wildman–Crippen LogP) is 3.16. The number of hydrogen-bond donors (Lipinski definition) is 2. The summed E-state index contributed by atoms with van der Waals surface area (Å²) in [5, 5.41) is 12.3. The molecule has 0 bridgehead atoms. The standard InChI is InChI=1S/C21H22FN5O/c1-27(2)20(28)17-16(24)4-3-14(18(17)22)13-7-15-19(25-10-13)26-11-21(15)8-12(9-21)5-6-23/h3-4,7,10,12H,5,8-9,11,24H2,1-2H3,(H,25,26). The molecule has 2 aromatic rings. The van der Waals surface area contributed by atoms with Crippen LogP contribution in [0.4, 0.5) is 15.9 Å². The Morgan fingerprint density at radius 2 is 2.21 bits per heavy atom. The average Bonchev–Trinajstić information content (AvgIpc) is 3.00. The number of nitrogens with two attached hydrogens (primary N) is 1. The van der Waals surface area contributed by atoms with Gasteiger partial charge >= 0.3 is 0 Å². The average molecular weight is 379 g/mol. The zero-order chi connectivity index (χ0) is 20.1. The summed E-state index contributed by atoms with van der Waals surface area (Å²) in [5.74, 6) is 0.123. The van der Waals surface area contributed by atoms with Crippen LogP contribution in [0.5, 0.6) is 0 Å². The van der Waals surface area contributed by atoms with Gasteiger partial charge in [-0.05, 0) is 37.0 Å². The van der Waals surface area contributed by atoms with Crippen molar-refractivity contribution in [1.82, 2.24) is 9.88 Å². The molecule has 6 nitrogen and oxygen atoms in total. The number of rotatable bonds is 3. The monoisotopic (exact) mass is 379 g/mol. The van der Waals surface area contributed by atoms with Crippen LogP contribution >= 0.6 is 0 Å². The summed E-state index contributed by atoms with van der Waals surface area (Å²) >= 11 is 0. The molecule has 1 fully saturated rings. The summed E-state index contributed by atoms with van der Waals surface area (Å²) < 4.78 is 15.2. The van der Waals surface area contributed by atoms with E-state index < -0.39 is 11.7 Å². The maximum absolute atomic E-state index is 15.2. The minimum Gasteiger partial charge on any atom is -0.398 e. The Bertz CT molecular complexity index is 1000. The molecule has 0 atom stereocenters. The number of amides is 1. The number of fused-ring (bicyclic) bond motifs is 2. The highest BCUT2D eigenvalue weighted by molar-refractivity contribution is 6.00. The molecule has 2 aliphatic rings. The molecule has 4 rings (SSSR count). The van der Waals surface area contributed by atoms with Crippen LogP contribution in [0.25, 0.3) is 11.1 Å². The summed E-state index contributed by atoms with van der Waals surface area (Å²) in [5.41, 5.74) is 7.84. The highest BCUT2D eigenvalue weighted by atomic mass is 19.1. The van der Waals surface area contributed by atoms with E-state index in [4.69, 9.17) is 11.0 Å². The fraction of sp³-hybridized carbons (Fsp3) is 0.381. The molecule has 1 aromatic carbocycles. The van der Waals surface area contributed by atoms with Crippen LogP contribution in [0.2, 0.25) is 0 Å². The number of aromatic nitrogens is 1. The summed E-state index contributed by atoms with van der Waals surface area (Å²) in [6.45, 7) is 0.787. The smallest absolute Gasteiger partial charge is 0.258 e. The van der Waals surface area contributed by atoms with Crippen LogP contribution in [0, 0.1) is 23.1 Å². The van der Waals surface area contributed by atoms with Gasteiger partial charge in [0.1, 0.15) is 11.6 Å². The Kier molecular flexibility index (Phi) is 4.22.